The average Bonchev–Trinajstić information content (AvgIpc) is 2.75. The van der Waals surface area contributed by atoms with Crippen LogP contribution in [-0.2, 0) is 10.5 Å². The van der Waals surface area contributed by atoms with Crippen LogP contribution in [0.15, 0.2) is 41.4 Å². The summed E-state index contributed by atoms with van der Waals surface area (Å²) >= 11 is 0. The summed E-state index contributed by atoms with van der Waals surface area (Å²) in [6, 6.07) is 6.75. The highest BCUT2D eigenvalue weighted by Crippen LogP contribution is 2.33. The number of aromatic hydroxyl groups is 1. The Kier molecular flexibility index (Phi) is 3.26. The Bertz CT molecular complexity index is 450. The van der Waals surface area contributed by atoms with Gasteiger partial charge in [0, 0.05) is 31.4 Å². The molecule has 1 aromatic carbocycles. The number of benzene rings is 1. The van der Waals surface area contributed by atoms with Gasteiger partial charge in [-0.05, 0) is 24.3 Å². The third-order valence-electron chi connectivity index (χ3n) is 2.77. The Morgan fingerprint density at radius 2 is 2.00 bits per heavy atom. The molecule has 0 spiro atoms. The highest BCUT2D eigenvalue weighted by molar-refractivity contribution is 5.97. The number of rotatable bonds is 4. The van der Waals surface area contributed by atoms with Gasteiger partial charge in [-0.1, -0.05) is 12.1 Å². The fourth-order valence-corrected chi connectivity index (χ4v) is 1.84. The number of allylic oxidation sites excluding steroid dienone is 1. The van der Waals surface area contributed by atoms with E-state index in [-0.39, 0.29) is 12.4 Å². The van der Waals surface area contributed by atoms with Crippen LogP contribution in [0.4, 0.5) is 0 Å². The van der Waals surface area contributed by atoms with Crippen LogP contribution >= 0.6 is 0 Å². The minimum atomic E-state index is -0.821. The molecule has 0 aliphatic carbocycles. The number of hydrogen-bond acceptors (Lipinski definition) is 4. The summed E-state index contributed by atoms with van der Waals surface area (Å²) in [5.74, 6) is 0.210. The first-order chi connectivity index (χ1) is 8.20. The molecule has 1 atom stereocenters. The molecule has 1 aromatic rings. The molecule has 17 heavy (non-hydrogen) atoms. The number of ether oxygens (including phenoxy) is 1. The third kappa shape index (κ3) is 2.23. The summed E-state index contributed by atoms with van der Waals surface area (Å²) in [6.45, 7) is 0.0680. The first-order valence-electron chi connectivity index (χ1n) is 5.44. The first kappa shape index (κ1) is 11.8. The van der Waals surface area contributed by atoms with Gasteiger partial charge >= 0.3 is 0 Å². The number of aliphatic hydroxyl groups is 1. The SMILES string of the molecule is COC1(c2ccc(O)cc2)C=CC(CCO)=N1. The maximum atomic E-state index is 9.26. The third-order valence-corrected chi connectivity index (χ3v) is 2.77. The fourth-order valence-electron chi connectivity index (χ4n) is 1.84. The van der Waals surface area contributed by atoms with Gasteiger partial charge in [0.25, 0.3) is 0 Å². The minimum Gasteiger partial charge on any atom is -0.508 e. The van der Waals surface area contributed by atoms with Gasteiger partial charge in [-0.2, -0.15) is 0 Å². The van der Waals surface area contributed by atoms with Crippen LogP contribution in [0.3, 0.4) is 0 Å². The second-order valence-corrected chi connectivity index (χ2v) is 3.86. The lowest BCUT2D eigenvalue weighted by atomic mass is 10.0. The largest absolute Gasteiger partial charge is 0.508 e. The van der Waals surface area contributed by atoms with Crippen molar-refractivity contribution in [2.45, 2.75) is 12.1 Å². The van der Waals surface area contributed by atoms with Crippen LogP contribution in [0.25, 0.3) is 0 Å². The predicted octanol–water partition coefficient (Wildman–Crippen LogP) is 1.58. The molecular weight excluding hydrogens is 218 g/mol. The highest BCUT2D eigenvalue weighted by Gasteiger charge is 2.32. The molecule has 0 saturated heterocycles. The van der Waals surface area contributed by atoms with Gasteiger partial charge in [-0.15, -0.1) is 0 Å². The molecule has 1 heterocycles. The maximum Gasteiger partial charge on any atom is 0.204 e. The molecule has 2 N–H and O–H groups in total. The van der Waals surface area contributed by atoms with E-state index in [0.717, 1.165) is 11.3 Å². The van der Waals surface area contributed by atoms with Crippen molar-refractivity contribution in [1.82, 2.24) is 0 Å². The zero-order valence-corrected chi connectivity index (χ0v) is 9.63. The topological polar surface area (TPSA) is 62.0 Å². The van der Waals surface area contributed by atoms with Crippen molar-refractivity contribution in [3.05, 3.63) is 42.0 Å². The van der Waals surface area contributed by atoms with Crippen LogP contribution < -0.4 is 0 Å². The summed E-state index contributed by atoms with van der Waals surface area (Å²) in [7, 11) is 1.59. The van der Waals surface area contributed by atoms with Crippen LogP contribution in [0, 0.1) is 0 Å². The van der Waals surface area contributed by atoms with Crippen molar-refractivity contribution < 1.29 is 14.9 Å². The van der Waals surface area contributed by atoms with E-state index in [0.29, 0.717) is 6.42 Å². The molecule has 90 valence electrons. The van der Waals surface area contributed by atoms with Crippen LogP contribution in [-0.4, -0.2) is 29.6 Å². The van der Waals surface area contributed by atoms with E-state index in [1.165, 1.54) is 0 Å². The second-order valence-electron chi connectivity index (χ2n) is 3.86. The van der Waals surface area contributed by atoms with Gasteiger partial charge in [0.1, 0.15) is 5.75 Å². The normalized spacial score (nSPS) is 22.8. The van der Waals surface area contributed by atoms with Gasteiger partial charge in [0.05, 0.1) is 0 Å². The van der Waals surface area contributed by atoms with Crippen LogP contribution in [0.2, 0.25) is 0 Å². The Morgan fingerprint density at radius 3 is 2.59 bits per heavy atom. The zero-order valence-electron chi connectivity index (χ0n) is 9.63. The summed E-state index contributed by atoms with van der Waals surface area (Å²) in [5, 5.41) is 18.2. The standard InChI is InChI=1S/C13H15NO3/c1-17-13(8-6-11(14-13)7-9-15)10-2-4-12(16)5-3-10/h2-6,8,15-16H,7,9H2,1H3. The molecule has 4 heteroatoms. The second kappa shape index (κ2) is 4.69. The summed E-state index contributed by atoms with van der Waals surface area (Å²) in [4.78, 5) is 4.47. The number of methoxy groups -OCH3 is 1. The lowest BCUT2D eigenvalue weighted by molar-refractivity contribution is 0.0396. The number of phenols is 1. The zero-order chi connectivity index (χ0) is 12.3. The number of nitrogens with zero attached hydrogens (tertiary/aromatic N) is 1. The number of aliphatic hydroxyl groups excluding tert-OH is 1. The van der Waals surface area contributed by atoms with Crippen LogP contribution in [0.5, 0.6) is 5.75 Å². The Hall–Kier alpha value is -1.65. The summed E-state index contributed by atoms with van der Waals surface area (Å²) in [5.41, 5.74) is 0.836. The molecule has 0 bridgehead atoms. The van der Waals surface area contributed by atoms with Crippen molar-refractivity contribution >= 4 is 5.71 Å². The van der Waals surface area contributed by atoms with Crippen LogP contribution in [0.1, 0.15) is 12.0 Å². The van der Waals surface area contributed by atoms with Crippen molar-refractivity contribution in [2.24, 2.45) is 4.99 Å². The quantitative estimate of drug-likeness (QED) is 0.830. The van der Waals surface area contributed by atoms with E-state index in [9.17, 15) is 5.11 Å². The van der Waals surface area contributed by atoms with Gasteiger partial charge in [-0.25, -0.2) is 4.99 Å². The lowest BCUT2D eigenvalue weighted by Crippen LogP contribution is -2.21. The van der Waals surface area contributed by atoms with Crippen molar-refractivity contribution in [1.29, 1.82) is 0 Å². The molecule has 0 radical (unpaired) electrons. The monoisotopic (exact) mass is 233 g/mol. The Balaban J connectivity index is 2.34. The summed E-state index contributed by atoms with van der Waals surface area (Å²) in [6.07, 6.45) is 4.22. The maximum absolute atomic E-state index is 9.26. The van der Waals surface area contributed by atoms with Gasteiger partial charge in [-0.3, -0.25) is 0 Å². The fraction of sp³-hybridized carbons (Fsp3) is 0.308. The minimum absolute atomic E-state index is 0.0680. The smallest absolute Gasteiger partial charge is 0.204 e. The van der Waals surface area contributed by atoms with Gasteiger partial charge in [0.2, 0.25) is 5.72 Å². The molecule has 4 nitrogen and oxygen atoms in total. The number of phenolic OH excluding ortho intramolecular Hbond substituents is 1. The molecule has 0 amide bonds. The van der Waals surface area contributed by atoms with Crippen molar-refractivity contribution in [3.8, 4) is 5.75 Å². The van der Waals surface area contributed by atoms with E-state index < -0.39 is 5.72 Å². The molecule has 0 aromatic heterocycles. The van der Waals surface area contributed by atoms with Gasteiger partial charge in [0.15, 0.2) is 0 Å². The molecule has 1 aliphatic rings. The first-order valence-corrected chi connectivity index (χ1v) is 5.44. The number of aliphatic imine (C=N–C) groups is 1. The van der Waals surface area contributed by atoms with E-state index in [2.05, 4.69) is 4.99 Å². The van der Waals surface area contributed by atoms with Crippen molar-refractivity contribution in [3.63, 3.8) is 0 Å². The number of hydrogen-bond donors (Lipinski definition) is 2. The highest BCUT2D eigenvalue weighted by atomic mass is 16.5. The summed E-state index contributed by atoms with van der Waals surface area (Å²) < 4.78 is 5.46. The predicted molar refractivity (Wildman–Crippen MR) is 65.1 cm³/mol. The molecule has 0 fully saturated rings. The molecule has 1 unspecified atom stereocenters. The van der Waals surface area contributed by atoms with E-state index >= 15 is 0 Å². The van der Waals surface area contributed by atoms with E-state index in [1.54, 1.807) is 31.4 Å². The average molecular weight is 233 g/mol. The molecule has 0 saturated carbocycles. The van der Waals surface area contributed by atoms with Crippen molar-refractivity contribution in [2.75, 3.05) is 13.7 Å². The Morgan fingerprint density at radius 1 is 1.29 bits per heavy atom. The van der Waals surface area contributed by atoms with E-state index in [4.69, 9.17) is 9.84 Å². The Labute approximate surface area is 99.9 Å². The van der Waals surface area contributed by atoms with E-state index in [1.807, 2.05) is 12.2 Å². The molecule has 1 aliphatic heterocycles. The molecular formula is C13H15NO3. The molecule has 2 rings (SSSR count). The van der Waals surface area contributed by atoms with Gasteiger partial charge < -0.3 is 14.9 Å². The lowest BCUT2D eigenvalue weighted by Gasteiger charge is -2.23.